The zero-order valence-corrected chi connectivity index (χ0v) is 15.8. The Morgan fingerprint density at radius 2 is 1.75 bits per heavy atom. The molecule has 0 saturated carbocycles. The summed E-state index contributed by atoms with van der Waals surface area (Å²) in [5.74, 6) is 1.18. The highest BCUT2D eigenvalue weighted by Gasteiger charge is 2.18. The summed E-state index contributed by atoms with van der Waals surface area (Å²) in [4.78, 5) is 12.3. The first-order valence-electron chi connectivity index (χ1n) is 7.09. The van der Waals surface area contributed by atoms with E-state index in [1.165, 1.54) is 14.2 Å². The molecule has 0 unspecified atom stereocenters. The predicted molar refractivity (Wildman–Crippen MR) is 97.4 cm³/mol. The quantitative estimate of drug-likeness (QED) is 0.755. The molecule has 2 aromatic carbocycles. The smallest absolute Gasteiger partial charge is 0.265 e. The number of anilines is 1. The Morgan fingerprint density at radius 3 is 2.33 bits per heavy atom. The summed E-state index contributed by atoms with van der Waals surface area (Å²) < 4.78 is 16.9. The number of hydrogen-bond donors (Lipinski definition) is 1. The number of rotatable bonds is 6. The first-order valence-corrected chi connectivity index (χ1v) is 8.26. The molecule has 1 atom stereocenters. The van der Waals surface area contributed by atoms with Gasteiger partial charge in [0.1, 0.15) is 17.2 Å². The lowest BCUT2D eigenvalue weighted by atomic mass is 10.2. The minimum atomic E-state index is -0.697. The molecule has 0 spiro atoms. The lowest BCUT2D eigenvalue weighted by Crippen LogP contribution is -2.30. The minimum Gasteiger partial charge on any atom is -0.495 e. The van der Waals surface area contributed by atoms with Crippen molar-refractivity contribution in [3.63, 3.8) is 0 Å². The summed E-state index contributed by atoms with van der Waals surface area (Å²) in [6, 6.07) is 10.4. The molecule has 1 amide bonds. The Kier molecular flexibility index (Phi) is 6.34. The monoisotopic (exact) mass is 413 g/mol. The molecule has 0 aliphatic heterocycles. The molecule has 2 rings (SSSR count). The number of carbonyl (C=O) groups excluding carboxylic acids is 1. The van der Waals surface area contributed by atoms with Crippen LogP contribution in [-0.2, 0) is 4.79 Å². The largest absolute Gasteiger partial charge is 0.495 e. The molecule has 0 radical (unpaired) electrons. The van der Waals surface area contributed by atoms with Crippen LogP contribution in [0.2, 0.25) is 5.02 Å². The van der Waals surface area contributed by atoms with Crippen molar-refractivity contribution in [2.24, 2.45) is 0 Å². The van der Waals surface area contributed by atoms with Crippen LogP contribution in [-0.4, -0.2) is 26.2 Å². The maximum absolute atomic E-state index is 12.3. The van der Waals surface area contributed by atoms with Gasteiger partial charge in [-0.2, -0.15) is 0 Å². The Balaban J connectivity index is 2.10. The van der Waals surface area contributed by atoms with E-state index in [1.807, 2.05) is 12.1 Å². The van der Waals surface area contributed by atoms with Crippen LogP contribution in [0.25, 0.3) is 0 Å². The van der Waals surface area contributed by atoms with Gasteiger partial charge in [-0.15, -0.1) is 0 Å². The summed E-state index contributed by atoms with van der Waals surface area (Å²) in [5.41, 5.74) is 0.444. The number of benzene rings is 2. The van der Waals surface area contributed by atoms with E-state index in [2.05, 4.69) is 21.2 Å². The maximum atomic E-state index is 12.3. The van der Waals surface area contributed by atoms with Gasteiger partial charge in [-0.1, -0.05) is 27.5 Å². The van der Waals surface area contributed by atoms with E-state index in [0.717, 1.165) is 4.47 Å². The van der Waals surface area contributed by atoms with Crippen molar-refractivity contribution in [1.29, 1.82) is 0 Å². The fourth-order valence-electron chi connectivity index (χ4n) is 1.96. The zero-order chi connectivity index (χ0) is 17.7. The van der Waals surface area contributed by atoms with Gasteiger partial charge < -0.3 is 19.5 Å². The predicted octanol–water partition coefficient (Wildman–Crippen LogP) is 4.53. The van der Waals surface area contributed by atoms with Gasteiger partial charge >= 0.3 is 0 Å². The molecule has 0 heterocycles. The second-order valence-corrected chi connectivity index (χ2v) is 6.21. The third kappa shape index (κ3) is 4.55. The number of halogens is 2. The summed E-state index contributed by atoms with van der Waals surface area (Å²) in [7, 11) is 3.01. The average Bonchev–Trinajstić information content (AvgIpc) is 2.57. The van der Waals surface area contributed by atoms with Gasteiger partial charge in [-0.05, 0) is 37.3 Å². The molecule has 0 aromatic heterocycles. The lowest BCUT2D eigenvalue weighted by molar-refractivity contribution is -0.122. The van der Waals surface area contributed by atoms with E-state index in [4.69, 9.17) is 25.8 Å². The molecule has 0 bridgehead atoms. The molecule has 0 saturated heterocycles. The van der Waals surface area contributed by atoms with Crippen molar-refractivity contribution in [2.45, 2.75) is 13.0 Å². The van der Waals surface area contributed by atoms with E-state index in [9.17, 15) is 4.79 Å². The van der Waals surface area contributed by atoms with E-state index >= 15 is 0 Å². The van der Waals surface area contributed by atoms with Crippen molar-refractivity contribution in [3.05, 3.63) is 45.9 Å². The summed E-state index contributed by atoms with van der Waals surface area (Å²) in [6.07, 6.45) is -0.697. The lowest BCUT2D eigenvalue weighted by Gasteiger charge is -2.17. The third-order valence-corrected chi connectivity index (χ3v) is 4.05. The van der Waals surface area contributed by atoms with E-state index in [-0.39, 0.29) is 5.91 Å². The first-order chi connectivity index (χ1) is 11.4. The number of hydrogen-bond acceptors (Lipinski definition) is 4. The molecule has 128 valence electrons. The van der Waals surface area contributed by atoms with Crippen LogP contribution in [0.15, 0.2) is 40.9 Å². The van der Waals surface area contributed by atoms with Gasteiger partial charge in [0.25, 0.3) is 5.91 Å². The van der Waals surface area contributed by atoms with Crippen LogP contribution in [0, 0.1) is 0 Å². The standard InChI is InChI=1S/C17H17BrClNO4/c1-10(24-12-6-4-11(18)5-7-12)17(21)20-14-8-13(19)15(22-2)9-16(14)23-3/h4-10H,1-3H3,(H,20,21)/t10-/m0/s1. The van der Waals surface area contributed by atoms with Crippen LogP contribution in [0.5, 0.6) is 17.2 Å². The van der Waals surface area contributed by atoms with Crippen molar-refractivity contribution in [1.82, 2.24) is 0 Å². The van der Waals surface area contributed by atoms with Crippen LogP contribution in [0.3, 0.4) is 0 Å². The molecular formula is C17H17BrClNO4. The zero-order valence-electron chi connectivity index (χ0n) is 13.4. The minimum absolute atomic E-state index is 0.322. The first kappa shape index (κ1) is 18.4. The second-order valence-electron chi connectivity index (χ2n) is 4.89. The number of carbonyl (C=O) groups is 1. The molecule has 7 heteroatoms. The van der Waals surface area contributed by atoms with Gasteiger partial charge in [0.05, 0.1) is 24.9 Å². The topological polar surface area (TPSA) is 56.8 Å². The highest BCUT2D eigenvalue weighted by Crippen LogP contribution is 2.36. The van der Waals surface area contributed by atoms with Gasteiger partial charge in [0.2, 0.25) is 0 Å². The Hall–Kier alpha value is -1.92. The molecule has 0 aliphatic rings. The Labute approximate surface area is 154 Å². The second kappa shape index (κ2) is 8.26. The summed E-state index contributed by atoms with van der Waals surface area (Å²) in [6.45, 7) is 1.66. The van der Waals surface area contributed by atoms with Gasteiger partial charge in [-0.3, -0.25) is 4.79 Å². The summed E-state index contributed by atoms with van der Waals surface area (Å²) in [5, 5.41) is 3.12. The Bertz CT molecular complexity index is 721. The molecule has 0 aliphatic carbocycles. The van der Waals surface area contributed by atoms with Gasteiger partial charge in [-0.25, -0.2) is 0 Å². The molecule has 5 nitrogen and oxygen atoms in total. The maximum Gasteiger partial charge on any atom is 0.265 e. The number of amides is 1. The van der Waals surface area contributed by atoms with E-state index in [1.54, 1.807) is 31.2 Å². The van der Waals surface area contributed by atoms with Gasteiger partial charge in [0, 0.05) is 10.5 Å². The highest BCUT2D eigenvalue weighted by molar-refractivity contribution is 9.10. The third-order valence-electron chi connectivity index (χ3n) is 3.23. The normalized spacial score (nSPS) is 11.5. The van der Waals surface area contributed by atoms with Crippen molar-refractivity contribution in [3.8, 4) is 17.2 Å². The fraction of sp³-hybridized carbons (Fsp3) is 0.235. The van der Waals surface area contributed by atoms with Crippen molar-refractivity contribution < 1.29 is 19.0 Å². The summed E-state index contributed by atoms with van der Waals surface area (Å²) >= 11 is 9.45. The number of ether oxygens (including phenoxy) is 3. The van der Waals surface area contributed by atoms with E-state index < -0.39 is 6.10 Å². The van der Waals surface area contributed by atoms with E-state index in [0.29, 0.717) is 28.0 Å². The fourth-order valence-corrected chi connectivity index (χ4v) is 2.47. The van der Waals surface area contributed by atoms with Crippen LogP contribution < -0.4 is 19.5 Å². The van der Waals surface area contributed by atoms with Crippen LogP contribution in [0.4, 0.5) is 5.69 Å². The number of nitrogens with one attached hydrogen (secondary N) is 1. The van der Waals surface area contributed by atoms with Gasteiger partial charge in [0.15, 0.2) is 6.10 Å². The number of methoxy groups -OCH3 is 2. The molecule has 1 N–H and O–H groups in total. The molecular weight excluding hydrogens is 398 g/mol. The highest BCUT2D eigenvalue weighted by atomic mass is 79.9. The SMILES string of the molecule is COc1cc(OC)c(NC(=O)[C@H](C)Oc2ccc(Br)cc2)cc1Cl. The average molecular weight is 415 g/mol. The molecule has 2 aromatic rings. The van der Waals surface area contributed by atoms with Crippen LogP contribution in [0.1, 0.15) is 6.92 Å². The Morgan fingerprint density at radius 1 is 1.12 bits per heavy atom. The van der Waals surface area contributed by atoms with Crippen molar-refractivity contribution >= 4 is 39.1 Å². The molecule has 0 fully saturated rings. The molecule has 24 heavy (non-hydrogen) atoms. The van der Waals surface area contributed by atoms with Crippen LogP contribution >= 0.6 is 27.5 Å². The van der Waals surface area contributed by atoms with Crippen molar-refractivity contribution in [2.75, 3.05) is 19.5 Å².